The van der Waals surface area contributed by atoms with Crippen molar-refractivity contribution in [3.05, 3.63) is 0 Å². The first-order valence-electron chi connectivity index (χ1n) is 8.63. The molecule has 0 saturated heterocycles. The van der Waals surface area contributed by atoms with Crippen LogP contribution in [0.4, 0.5) is 0 Å². The van der Waals surface area contributed by atoms with E-state index in [4.69, 9.17) is 9.47 Å². The van der Waals surface area contributed by atoms with Gasteiger partial charge in [0.15, 0.2) is 0 Å². The largest absolute Gasteiger partial charge is 0.389 e. The van der Waals surface area contributed by atoms with Crippen molar-refractivity contribution in [2.45, 2.75) is 64.1 Å². The van der Waals surface area contributed by atoms with Crippen LogP contribution in [0.15, 0.2) is 0 Å². The summed E-state index contributed by atoms with van der Waals surface area (Å²) in [6.07, 6.45) is 8.58. The van der Waals surface area contributed by atoms with Crippen LogP contribution in [0, 0.1) is 11.3 Å². The molecule has 21 heavy (non-hydrogen) atoms. The van der Waals surface area contributed by atoms with Crippen LogP contribution in [-0.2, 0) is 9.47 Å². The van der Waals surface area contributed by atoms with Gasteiger partial charge < -0.3 is 19.9 Å². The molecular formula is C17H33NO3. The average molecular weight is 299 g/mol. The molecule has 4 nitrogen and oxygen atoms in total. The Hall–Kier alpha value is -0.160. The highest BCUT2D eigenvalue weighted by Gasteiger charge is 2.41. The van der Waals surface area contributed by atoms with Crippen LogP contribution in [0.5, 0.6) is 0 Å². The van der Waals surface area contributed by atoms with E-state index in [-0.39, 0.29) is 6.10 Å². The molecule has 2 aliphatic rings. The molecule has 2 aliphatic carbocycles. The van der Waals surface area contributed by atoms with Crippen LogP contribution in [0.1, 0.15) is 51.9 Å². The minimum atomic E-state index is -0.388. The molecule has 124 valence electrons. The minimum Gasteiger partial charge on any atom is -0.389 e. The Morgan fingerprint density at radius 2 is 2.14 bits per heavy atom. The van der Waals surface area contributed by atoms with Gasteiger partial charge in [-0.25, -0.2) is 0 Å². The van der Waals surface area contributed by atoms with Gasteiger partial charge in [-0.05, 0) is 43.4 Å². The summed E-state index contributed by atoms with van der Waals surface area (Å²) in [7, 11) is 1.76. The standard InChI is InChI=1S/C17H33NO3/c1-14-4-3-5-16(10-14)21-12-15(19)11-18-13-17(6-7-17)8-9-20-2/h14-16,18-19H,3-13H2,1-2H3. The summed E-state index contributed by atoms with van der Waals surface area (Å²) in [5, 5.41) is 13.4. The molecule has 3 unspecified atom stereocenters. The Labute approximate surface area is 129 Å². The second-order valence-electron chi connectivity index (χ2n) is 7.25. The lowest BCUT2D eigenvalue weighted by molar-refractivity contribution is -0.0308. The maximum absolute atomic E-state index is 10.0. The van der Waals surface area contributed by atoms with Gasteiger partial charge >= 0.3 is 0 Å². The van der Waals surface area contributed by atoms with Crippen molar-refractivity contribution in [2.75, 3.05) is 33.4 Å². The number of hydrogen-bond acceptors (Lipinski definition) is 4. The molecule has 2 saturated carbocycles. The van der Waals surface area contributed by atoms with Gasteiger partial charge in [-0.2, -0.15) is 0 Å². The molecule has 4 heteroatoms. The number of hydrogen-bond donors (Lipinski definition) is 2. The van der Waals surface area contributed by atoms with Crippen LogP contribution < -0.4 is 5.32 Å². The third kappa shape index (κ3) is 6.23. The number of nitrogens with one attached hydrogen (secondary N) is 1. The highest BCUT2D eigenvalue weighted by Crippen LogP contribution is 2.48. The number of rotatable bonds is 10. The van der Waals surface area contributed by atoms with E-state index in [2.05, 4.69) is 12.2 Å². The Morgan fingerprint density at radius 3 is 2.81 bits per heavy atom. The van der Waals surface area contributed by atoms with Crippen molar-refractivity contribution in [2.24, 2.45) is 11.3 Å². The third-order valence-corrected chi connectivity index (χ3v) is 5.09. The first-order chi connectivity index (χ1) is 10.1. The molecular weight excluding hydrogens is 266 g/mol. The number of ether oxygens (including phenoxy) is 2. The summed E-state index contributed by atoms with van der Waals surface area (Å²) in [6, 6.07) is 0. The van der Waals surface area contributed by atoms with Crippen molar-refractivity contribution < 1.29 is 14.6 Å². The smallest absolute Gasteiger partial charge is 0.0897 e. The van der Waals surface area contributed by atoms with E-state index in [1.165, 1.54) is 25.7 Å². The summed E-state index contributed by atoms with van der Waals surface area (Å²) < 4.78 is 11.0. The predicted octanol–water partition coefficient (Wildman–Crippen LogP) is 2.35. The highest BCUT2D eigenvalue weighted by atomic mass is 16.5. The maximum atomic E-state index is 10.0. The summed E-state index contributed by atoms with van der Waals surface area (Å²) in [4.78, 5) is 0. The van der Waals surface area contributed by atoms with Crippen LogP contribution in [0.3, 0.4) is 0 Å². The van der Waals surface area contributed by atoms with E-state index in [1.54, 1.807) is 7.11 Å². The normalized spacial score (nSPS) is 29.3. The summed E-state index contributed by atoms with van der Waals surface area (Å²) in [5.74, 6) is 0.773. The Kier molecular flexibility index (Phi) is 6.93. The fourth-order valence-electron chi connectivity index (χ4n) is 3.35. The highest BCUT2D eigenvalue weighted by molar-refractivity contribution is 4.94. The number of aliphatic hydroxyl groups is 1. The van der Waals surface area contributed by atoms with Gasteiger partial charge in [0.05, 0.1) is 18.8 Å². The zero-order valence-electron chi connectivity index (χ0n) is 13.8. The van der Waals surface area contributed by atoms with E-state index in [1.807, 2.05) is 0 Å². The molecule has 0 aromatic carbocycles. The Bertz CT molecular complexity index is 294. The lowest BCUT2D eigenvalue weighted by Gasteiger charge is -2.27. The fourth-order valence-corrected chi connectivity index (χ4v) is 3.35. The van der Waals surface area contributed by atoms with Gasteiger partial charge in [-0.3, -0.25) is 0 Å². The molecule has 0 aromatic rings. The second kappa shape index (κ2) is 8.47. The first kappa shape index (κ1) is 17.2. The van der Waals surface area contributed by atoms with E-state index in [0.717, 1.165) is 38.3 Å². The SMILES string of the molecule is COCCC1(CNCC(O)COC2CCCC(C)C2)CC1. The molecule has 0 amide bonds. The van der Waals surface area contributed by atoms with Crippen molar-refractivity contribution in [3.8, 4) is 0 Å². The predicted molar refractivity (Wildman–Crippen MR) is 84.4 cm³/mol. The van der Waals surface area contributed by atoms with Gasteiger partial charge in [0.2, 0.25) is 0 Å². The minimum absolute atomic E-state index is 0.361. The lowest BCUT2D eigenvalue weighted by atomic mass is 9.89. The molecule has 2 rings (SSSR count). The van der Waals surface area contributed by atoms with E-state index in [9.17, 15) is 5.11 Å². The van der Waals surface area contributed by atoms with Crippen LogP contribution in [0.2, 0.25) is 0 Å². The third-order valence-electron chi connectivity index (χ3n) is 5.09. The van der Waals surface area contributed by atoms with Crippen molar-refractivity contribution >= 4 is 0 Å². The first-order valence-corrected chi connectivity index (χ1v) is 8.63. The summed E-state index contributed by atoms with van der Waals surface area (Å²) >= 11 is 0. The zero-order valence-corrected chi connectivity index (χ0v) is 13.8. The molecule has 0 spiro atoms. The average Bonchev–Trinajstić information content (AvgIpc) is 3.23. The van der Waals surface area contributed by atoms with Crippen LogP contribution >= 0.6 is 0 Å². The van der Waals surface area contributed by atoms with Gasteiger partial charge in [0.25, 0.3) is 0 Å². The fraction of sp³-hybridized carbons (Fsp3) is 1.00. The van der Waals surface area contributed by atoms with E-state index in [0.29, 0.717) is 24.7 Å². The number of methoxy groups -OCH3 is 1. The topological polar surface area (TPSA) is 50.7 Å². The Morgan fingerprint density at radius 1 is 1.33 bits per heavy atom. The monoisotopic (exact) mass is 299 g/mol. The second-order valence-corrected chi connectivity index (χ2v) is 7.25. The zero-order chi connectivity index (χ0) is 15.1. The van der Waals surface area contributed by atoms with Gasteiger partial charge in [0, 0.05) is 26.8 Å². The van der Waals surface area contributed by atoms with Gasteiger partial charge in [-0.15, -0.1) is 0 Å². The van der Waals surface area contributed by atoms with E-state index >= 15 is 0 Å². The van der Waals surface area contributed by atoms with Crippen LogP contribution in [0.25, 0.3) is 0 Å². The quantitative estimate of drug-likeness (QED) is 0.650. The Balaban J connectivity index is 1.52. The van der Waals surface area contributed by atoms with Gasteiger partial charge in [0.1, 0.15) is 0 Å². The lowest BCUT2D eigenvalue weighted by Crippen LogP contribution is -2.36. The molecule has 0 heterocycles. The number of aliphatic hydroxyl groups excluding tert-OH is 1. The molecule has 0 bridgehead atoms. The summed E-state index contributed by atoms with van der Waals surface area (Å²) in [6.45, 7) is 5.23. The summed E-state index contributed by atoms with van der Waals surface area (Å²) in [5.41, 5.74) is 0.440. The molecule has 2 fully saturated rings. The van der Waals surface area contributed by atoms with Gasteiger partial charge in [-0.1, -0.05) is 19.8 Å². The van der Waals surface area contributed by atoms with Crippen LogP contribution in [-0.4, -0.2) is 50.7 Å². The molecule has 0 radical (unpaired) electrons. The molecule has 0 aliphatic heterocycles. The molecule has 3 atom stereocenters. The molecule has 2 N–H and O–H groups in total. The van der Waals surface area contributed by atoms with Crippen molar-refractivity contribution in [1.82, 2.24) is 5.32 Å². The van der Waals surface area contributed by atoms with E-state index < -0.39 is 0 Å². The van der Waals surface area contributed by atoms with Crippen molar-refractivity contribution in [1.29, 1.82) is 0 Å². The molecule has 0 aromatic heterocycles. The van der Waals surface area contributed by atoms with Crippen molar-refractivity contribution in [3.63, 3.8) is 0 Å². The maximum Gasteiger partial charge on any atom is 0.0897 e.